The lowest BCUT2D eigenvalue weighted by molar-refractivity contribution is 0.355. The van der Waals surface area contributed by atoms with Crippen LogP contribution in [0.4, 0.5) is 0 Å². The van der Waals surface area contributed by atoms with Gasteiger partial charge >= 0.3 is 0 Å². The fraction of sp³-hybridized carbons (Fsp3) is 0.115. The molecular weight excluding hydrogens is 476 g/mol. The summed E-state index contributed by atoms with van der Waals surface area (Å²) < 4.78 is 14.3. The van der Waals surface area contributed by atoms with Crippen LogP contribution in [0.3, 0.4) is 0 Å². The number of pyridine rings is 1. The van der Waals surface area contributed by atoms with E-state index in [0.29, 0.717) is 50.7 Å². The maximum Gasteiger partial charge on any atom is 0.258 e. The molecule has 0 unspecified atom stereocenters. The van der Waals surface area contributed by atoms with Crippen LogP contribution in [0.5, 0.6) is 11.5 Å². The van der Waals surface area contributed by atoms with Crippen LogP contribution in [-0.2, 0) is 5.75 Å². The summed E-state index contributed by atoms with van der Waals surface area (Å²) in [6.45, 7) is 0. The van der Waals surface area contributed by atoms with E-state index in [4.69, 9.17) is 24.5 Å². The largest absolute Gasteiger partial charge is 0.493 e. The molecule has 0 N–H and O–H groups in total. The highest BCUT2D eigenvalue weighted by molar-refractivity contribution is 7.98. The first-order valence-corrected chi connectivity index (χ1v) is 12.1. The topological polar surface area (TPSA) is 95.9 Å². The standard InChI is InChI=1S/C26H20N6O3S/c1-34-20-13-18-19(14-21(20)35-2)28-26(32-25(18)29-24(30-32)16-8-4-3-5-9-16)36-15-17-12-23(33)31-11-7-6-10-22(31)27-17/h3-14H,15H2,1-2H3. The third-order valence-corrected chi connectivity index (χ3v) is 6.71. The van der Waals surface area contributed by atoms with Gasteiger partial charge in [-0.2, -0.15) is 4.52 Å². The molecule has 0 aliphatic heterocycles. The number of nitrogens with zero attached hydrogens (tertiary/aromatic N) is 6. The fourth-order valence-electron chi connectivity index (χ4n) is 4.03. The van der Waals surface area contributed by atoms with Crippen LogP contribution < -0.4 is 15.0 Å². The van der Waals surface area contributed by atoms with Gasteiger partial charge in [0.15, 0.2) is 28.1 Å². The monoisotopic (exact) mass is 496 g/mol. The van der Waals surface area contributed by atoms with Crippen molar-refractivity contribution in [3.63, 3.8) is 0 Å². The number of fused-ring (bicyclic) bond motifs is 4. The summed E-state index contributed by atoms with van der Waals surface area (Å²) in [5, 5.41) is 6.18. The number of aromatic nitrogens is 6. The minimum atomic E-state index is -0.128. The third kappa shape index (κ3) is 3.81. The van der Waals surface area contributed by atoms with Crippen LogP contribution in [0.15, 0.2) is 82.9 Å². The number of ether oxygens (including phenoxy) is 2. The van der Waals surface area contributed by atoms with Crippen molar-refractivity contribution in [1.82, 2.24) is 29.0 Å². The zero-order chi connectivity index (χ0) is 24.6. The average molecular weight is 497 g/mol. The second-order valence-corrected chi connectivity index (χ2v) is 8.90. The zero-order valence-electron chi connectivity index (χ0n) is 19.5. The molecule has 0 saturated heterocycles. The van der Waals surface area contributed by atoms with Crippen molar-refractivity contribution in [2.75, 3.05) is 14.2 Å². The van der Waals surface area contributed by atoms with Gasteiger partial charge in [0.1, 0.15) is 5.65 Å². The minimum Gasteiger partial charge on any atom is -0.493 e. The summed E-state index contributed by atoms with van der Waals surface area (Å²) in [6.07, 6.45) is 1.71. The summed E-state index contributed by atoms with van der Waals surface area (Å²) in [5.74, 6) is 2.18. The van der Waals surface area contributed by atoms with Gasteiger partial charge in [0, 0.05) is 35.0 Å². The van der Waals surface area contributed by atoms with E-state index >= 15 is 0 Å². The van der Waals surface area contributed by atoms with Crippen LogP contribution in [-0.4, -0.2) is 43.2 Å². The predicted octanol–water partition coefficient (Wildman–Crippen LogP) is 4.26. The number of thioether (sulfide) groups is 1. The Morgan fingerprint density at radius 2 is 1.67 bits per heavy atom. The molecule has 0 spiro atoms. The first-order valence-electron chi connectivity index (χ1n) is 11.1. The maximum atomic E-state index is 12.5. The van der Waals surface area contributed by atoms with Gasteiger partial charge in [-0.3, -0.25) is 9.20 Å². The third-order valence-electron chi connectivity index (χ3n) is 5.75. The van der Waals surface area contributed by atoms with Crippen molar-refractivity contribution in [2.24, 2.45) is 0 Å². The van der Waals surface area contributed by atoms with Crippen LogP contribution in [0.2, 0.25) is 0 Å². The number of hydrogen-bond donors (Lipinski definition) is 0. The van der Waals surface area contributed by atoms with Crippen molar-refractivity contribution < 1.29 is 9.47 Å². The van der Waals surface area contributed by atoms with E-state index in [1.54, 1.807) is 37.1 Å². The number of methoxy groups -OCH3 is 2. The Bertz CT molecular complexity index is 1800. The lowest BCUT2D eigenvalue weighted by Crippen LogP contribution is -2.14. The van der Waals surface area contributed by atoms with E-state index in [1.807, 2.05) is 54.6 Å². The van der Waals surface area contributed by atoms with Crippen molar-refractivity contribution in [2.45, 2.75) is 10.9 Å². The molecule has 0 atom stereocenters. The Balaban J connectivity index is 1.49. The summed E-state index contributed by atoms with van der Waals surface area (Å²) in [6, 6.07) is 20.5. The van der Waals surface area contributed by atoms with Gasteiger partial charge in [-0.05, 0) is 18.2 Å². The number of rotatable bonds is 6. The predicted molar refractivity (Wildman–Crippen MR) is 138 cm³/mol. The summed E-state index contributed by atoms with van der Waals surface area (Å²) in [5.41, 5.74) is 3.37. The second kappa shape index (κ2) is 8.97. The molecule has 178 valence electrons. The van der Waals surface area contributed by atoms with E-state index in [-0.39, 0.29) is 5.56 Å². The molecule has 36 heavy (non-hydrogen) atoms. The van der Waals surface area contributed by atoms with Gasteiger partial charge in [0.25, 0.3) is 5.56 Å². The highest BCUT2D eigenvalue weighted by Crippen LogP contribution is 2.35. The molecule has 0 radical (unpaired) electrons. The SMILES string of the molecule is COc1cc2nc(SCc3cc(=O)n4ccccc4n3)n3nc(-c4ccccc4)nc3c2cc1OC. The van der Waals surface area contributed by atoms with Crippen LogP contribution >= 0.6 is 11.8 Å². The lowest BCUT2D eigenvalue weighted by atomic mass is 10.2. The molecule has 0 saturated carbocycles. The molecule has 6 aromatic rings. The summed E-state index contributed by atoms with van der Waals surface area (Å²) in [7, 11) is 3.18. The van der Waals surface area contributed by atoms with E-state index in [2.05, 4.69) is 4.98 Å². The fourth-order valence-corrected chi connectivity index (χ4v) is 4.87. The van der Waals surface area contributed by atoms with Crippen LogP contribution in [0.25, 0.3) is 33.6 Å². The van der Waals surface area contributed by atoms with E-state index in [1.165, 1.54) is 16.2 Å². The number of benzene rings is 2. The Kier molecular flexibility index (Phi) is 5.49. The highest BCUT2D eigenvalue weighted by atomic mass is 32.2. The molecule has 6 rings (SSSR count). The summed E-state index contributed by atoms with van der Waals surface area (Å²) >= 11 is 1.43. The number of hydrogen-bond acceptors (Lipinski definition) is 8. The quantitative estimate of drug-likeness (QED) is 0.249. The highest BCUT2D eigenvalue weighted by Gasteiger charge is 2.18. The first kappa shape index (κ1) is 22.1. The van der Waals surface area contributed by atoms with Gasteiger partial charge in [0.05, 0.1) is 25.4 Å². The smallest absolute Gasteiger partial charge is 0.258 e. The maximum absolute atomic E-state index is 12.5. The Hall–Kier alpha value is -4.44. The van der Waals surface area contributed by atoms with Crippen LogP contribution in [0, 0.1) is 0 Å². The molecule has 4 heterocycles. The lowest BCUT2D eigenvalue weighted by Gasteiger charge is -2.11. The Morgan fingerprint density at radius 1 is 0.889 bits per heavy atom. The Morgan fingerprint density at radius 3 is 2.47 bits per heavy atom. The van der Waals surface area contributed by atoms with E-state index in [0.717, 1.165) is 10.9 Å². The summed E-state index contributed by atoms with van der Waals surface area (Å²) in [4.78, 5) is 26.9. The van der Waals surface area contributed by atoms with Crippen LogP contribution in [0.1, 0.15) is 5.69 Å². The normalized spacial score (nSPS) is 11.4. The van der Waals surface area contributed by atoms with Crippen molar-refractivity contribution in [3.05, 3.63) is 89.0 Å². The molecule has 9 nitrogen and oxygen atoms in total. The van der Waals surface area contributed by atoms with Gasteiger partial charge in [-0.1, -0.05) is 48.2 Å². The average Bonchev–Trinajstić information content (AvgIpc) is 3.37. The molecule has 0 amide bonds. The van der Waals surface area contributed by atoms with Gasteiger partial charge in [0.2, 0.25) is 0 Å². The zero-order valence-corrected chi connectivity index (χ0v) is 20.3. The molecule has 0 fully saturated rings. The minimum absolute atomic E-state index is 0.128. The van der Waals surface area contributed by atoms with Crippen molar-refractivity contribution >= 4 is 34.0 Å². The van der Waals surface area contributed by atoms with E-state index < -0.39 is 0 Å². The molecule has 10 heteroatoms. The van der Waals surface area contributed by atoms with Gasteiger partial charge in [-0.25, -0.2) is 15.0 Å². The second-order valence-electron chi connectivity index (χ2n) is 7.96. The molecule has 0 bridgehead atoms. The Labute approximate surface area is 209 Å². The molecule has 2 aromatic carbocycles. The first-order chi connectivity index (χ1) is 17.6. The molecule has 0 aliphatic carbocycles. The molecular formula is C26H20N6O3S. The van der Waals surface area contributed by atoms with Crippen molar-refractivity contribution in [1.29, 1.82) is 0 Å². The van der Waals surface area contributed by atoms with Gasteiger partial charge < -0.3 is 9.47 Å². The molecule has 0 aliphatic rings. The van der Waals surface area contributed by atoms with E-state index in [9.17, 15) is 4.79 Å². The van der Waals surface area contributed by atoms with Crippen molar-refractivity contribution in [3.8, 4) is 22.9 Å². The molecule has 4 aromatic heterocycles. The van der Waals surface area contributed by atoms with Gasteiger partial charge in [-0.15, -0.1) is 5.10 Å².